The molecule has 14 nitrogen and oxygen atoms in total. The van der Waals surface area contributed by atoms with Crippen LogP contribution in [0.5, 0.6) is 0 Å². The predicted octanol–water partition coefficient (Wildman–Crippen LogP) is 31.3. The SMILES string of the molecule is Cc1cc(-c2ncc(NCc3ccncc3)cc2-c2ccc3ncsc3c2)ccc1F.Cc1cc(-c2ncccc2-c2ccnc3ccccc23)ccc1F.Fc1ccc(-c2ncccc2-c2ccnc3ccccc23)cc1F.Fc1cccc(-c2ncccc2-c2ccnc3ccccc23)c1.Fc1ccccc1-c1ncccc1-c1ccnc2ccccc12.Fc1ccccc1-c1ncccc1-c1ccncc1. The minimum absolute atomic E-state index is 0.203. The van der Waals surface area contributed by atoms with E-state index in [1.54, 1.807) is 142 Å². The molecule has 0 unspecified atom stereocenters. The highest BCUT2D eigenvalue weighted by molar-refractivity contribution is 7.16. The third-order valence-electron chi connectivity index (χ3n) is 24.0. The molecule has 0 saturated heterocycles. The zero-order valence-corrected chi connectivity index (χ0v) is 78.1. The number of aryl methyl sites for hydroxylation is 2. The number of halogens is 7. The smallest absolute Gasteiger partial charge is 0.159 e. The second-order valence-corrected chi connectivity index (χ2v) is 34.0. The van der Waals surface area contributed by atoms with Crippen molar-refractivity contribution in [1.82, 2.24) is 64.8 Å². The quantitative estimate of drug-likeness (QED) is 0.0958. The van der Waals surface area contributed by atoms with E-state index in [-0.39, 0.29) is 29.1 Å². The third-order valence-corrected chi connectivity index (χ3v) is 24.8. The van der Waals surface area contributed by atoms with Crippen LogP contribution in [0, 0.1) is 54.6 Å². The fraction of sp³-hybridized carbons (Fsp3) is 0.0246. The number of nitrogens with one attached hydrogen (secondary N) is 1. The van der Waals surface area contributed by atoms with Crippen LogP contribution >= 0.6 is 11.3 Å². The van der Waals surface area contributed by atoms with Crippen molar-refractivity contribution >= 4 is 70.9 Å². The van der Waals surface area contributed by atoms with Crippen LogP contribution < -0.4 is 5.32 Å². The molecule has 13 heterocycles. The summed E-state index contributed by atoms with van der Waals surface area (Å²) in [6, 6.07) is 109. The Hall–Kier alpha value is -18.5. The van der Waals surface area contributed by atoms with Gasteiger partial charge in [-0.1, -0.05) is 146 Å². The maximum absolute atomic E-state index is 14.2. The summed E-state index contributed by atoms with van der Waals surface area (Å²) in [7, 11) is 0. The van der Waals surface area contributed by atoms with Crippen LogP contribution in [-0.2, 0) is 6.54 Å². The molecule has 696 valence electrons. The first-order valence-electron chi connectivity index (χ1n) is 45.9. The van der Waals surface area contributed by atoms with E-state index in [0.717, 1.165) is 172 Å². The highest BCUT2D eigenvalue weighted by Gasteiger charge is 2.22. The van der Waals surface area contributed by atoms with E-state index < -0.39 is 11.6 Å². The Balaban J connectivity index is 0.000000110. The molecule has 0 fully saturated rings. The highest BCUT2D eigenvalue weighted by atomic mass is 32.1. The van der Waals surface area contributed by atoms with Crippen LogP contribution in [0.3, 0.4) is 0 Å². The Kier molecular flexibility index (Phi) is 29.2. The van der Waals surface area contributed by atoms with Gasteiger partial charge in [-0.15, -0.1) is 11.3 Å². The van der Waals surface area contributed by atoms with Crippen molar-refractivity contribution in [3.05, 3.63) is 508 Å². The van der Waals surface area contributed by atoms with E-state index in [2.05, 4.69) is 89.4 Å². The molecule has 0 spiro atoms. The van der Waals surface area contributed by atoms with Crippen molar-refractivity contribution in [2.45, 2.75) is 20.4 Å². The van der Waals surface area contributed by atoms with Gasteiger partial charge in [-0.25, -0.2) is 35.7 Å². The van der Waals surface area contributed by atoms with Crippen molar-refractivity contribution in [3.63, 3.8) is 0 Å². The molecule has 24 aromatic rings. The van der Waals surface area contributed by atoms with Crippen molar-refractivity contribution < 1.29 is 30.7 Å². The summed E-state index contributed by atoms with van der Waals surface area (Å²) < 4.78 is 97.2. The summed E-state index contributed by atoms with van der Waals surface area (Å²) in [5, 5.41) is 7.59. The van der Waals surface area contributed by atoms with Gasteiger partial charge in [-0.3, -0.25) is 59.8 Å². The van der Waals surface area contributed by atoms with E-state index in [1.165, 1.54) is 48.5 Å². The average molecular weight is 1910 g/mol. The van der Waals surface area contributed by atoms with Gasteiger partial charge in [0.25, 0.3) is 0 Å². The van der Waals surface area contributed by atoms with E-state index in [1.807, 2.05) is 254 Å². The van der Waals surface area contributed by atoms with E-state index >= 15 is 0 Å². The number of thiazole rings is 1. The molecule has 22 heteroatoms. The molecular weight excluding hydrogens is 1830 g/mol. The summed E-state index contributed by atoms with van der Waals surface area (Å²) in [5.74, 6) is -2.98. The van der Waals surface area contributed by atoms with Crippen molar-refractivity contribution in [1.29, 1.82) is 0 Å². The number of aromatic nitrogens is 13. The molecule has 24 rings (SSSR count). The van der Waals surface area contributed by atoms with Gasteiger partial charge >= 0.3 is 0 Å². The fourth-order valence-corrected chi connectivity index (χ4v) is 17.7. The largest absolute Gasteiger partial charge is 0.380 e. The van der Waals surface area contributed by atoms with Gasteiger partial charge in [0.15, 0.2) is 11.6 Å². The lowest BCUT2D eigenvalue weighted by atomic mass is 9.96. The van der Waals surface area contributed by atoms with Gasteiger partial charge in [0.2, 0.25) is 0 Å². The molecule has 0 saturated carbocycles. The Labute approximate surface area is 828 Å². The predicted molar refractivity (Wildman–Crippen MR) is 564 cm³/mol. The van der Waals surface area contributed by atoms with Gasteiger partial charge in [-0.05, 0) is 276 Å². The molecule has 0 aliphatic heterocycles. The lowest BCUT2D eigenvalue weighted by molar-refractivity contribution is 0.509. The molecule has 0 radical (unpaired) electrons. The molecule has 0 aliphatic rings. The van der Waals surface area contributed by atoms with Crippen molar-refractivity contribution in [2.75, 3.05) is 5.32 Å². The Morgan fingerprint density at radius 2 is 0.604 bits per heavy atom. The summed E-state index contributed by atoms with van der Waals surface area (Å²) in [5.41, 5.74) is 29.9. The zero-order chi connectivity index (χ0) is 98.6. The Morgan fingerprint density at radius 1 is 0.222 bits per heavy atom. The summed E-state index contributed by atoms with van der Waals surface area (Å²) in [6.07, 6.45) is 24.4. The molecule has 1 N–H and O–H groups in total. The third kappa shape index (κ3) is 21.6. The molecule has 0 amide bonds. The average Bonchev–Trinajstić information content (AvgIpc) is 1.11. The topological polar surface area (TPSA) is 180 Å². The van der Waals surface area contributed by atoms with E-state index in [0.29, 0.717) is 51.4 Å². The first-order chi connectivity index (χ1) is 70.7. The van der Waals surface area contributed by atoms with Gasteiger partial charge in [-0.2, -0.15) is 0 Å². The normalized spacial score (nSPS) is 10.8. The lowest BCUT2D eigenvalue weighted by Gasteiger charge is -2.14. The second-order valence-electron chi connectivity index (χ2n) is 33.1. The minimum Gasteiger partial charge on any atom is -0.380 e. The first kappa shape index (κ1) is 94.4. The van der Waals surface area contributed by atoms with E-state index in [9.17, 15) is 30.7 Å². The molecular formula is C122H83F7N14S. The summed E-state index contributed by atoms with van der Waals surface area (Å²) in [4.78, 5) is 57.0. The second kappa shape index (κ2) is 44.5. The molecule has 13 aromatic heterocycles. The number of benzene rings is 11. The molecule has 0 aliphatic carbocycles. The Bertz CT molecular complexity index is 8530. The number of hydrogen-bond acceptors (Lipinski definition) is 15. The van der Waals surface area contributed by atoms with E-state index in [4.69, 9.17) is 4.98 Å². The molecule has 11 aromatic carbocycles. The number of rotatable bonds is 15. The van der Waals surface area contributed by atoms with Crippen molar-refractivity contribution in [3.8, 4) is 134 Å². The minimum atomic E-state index is -0.885. The maximum Gasteiger partial charge on any atom is 0.159 e. The number of anilines is 1. The van der Waals surface area contributed by atoms with Crippen LogP contribution in [0.25, 0.3) is 188 Å². The zero-order valence-electron chi connectivity index (χ0n) is 77.3. The standard InChI is InChI=1S/C25H19FN4S.C21H15FN2.C20H12F2N2.2C20H13FN2.C16H11FN2/c1-16-10-19(2-4-22(16)26)25-21(18-3-5-23-24(11-18)31-15-30-23)12-20(14-29-25)28-13-17-6-8-27-9-7-17;1-14-13-15(8-9-19(14)22)21-18(6-4-11-24-21)16-10-12-23-20-7-3-2-5-17(16)20;21-17-8-7-13(12-18(17)22)20-16(5-3-10-24-20)14-9-11-23-19-6-2-1-4-15(14)19;21-18-9-3-1-7-17(18)20-16(8-5-12-23-20)14-11-13-22-19-10-4-2-6-15(14)19;21-15-6-3-5-14(13-15)20-18(8-4-11-23-20)16-10-12-22-19-9-2-1-7-17(16)19;17-15-6-2-1-4-14(15)16-13(5-3-9-19-16)12-7-10-18-11-8-12/h2-12,14-15,28H,13H2,1H3;2-13H,1H3;1-12H;2*1-13H;1-11H. The molecule has 0 atom stereocenters. The number of para-hydroxylation sites is 4. The molecule has 144 heavy (non-hydrogen) atoms. The maximum atomic E-state index is 14.2. The molecule has 0 bridgehead atoms. The van der Waals surface area contributed by atoms with Crippen LogP contribution in [0.15, 0.2) is 450 Å². The number of pyridine rings is 12. The van der Waals surface area contributed by atoms with Crippen LogP contribution in [0.4, 0.5) is 36.4 Å². The number of fused-ring (bicyclic) bond motifs is 5. The van der Waals surface area contributed by atoms with Crippen LogP contribution in [-0.4, -0.2) is 64.8 Å². The van der Waals surface area contributed by atoms with Crippen molar-refractivity contribution in [2.24, 2.45) is 0 Å². The van der Waals surface area contributed by atoms with Gasteiger partial charge < -0.3 is 5.32 Å². The summed E-state index contributed by atoms with van der Waals surface area (Å²) in [6.45, 7) is 4.21. The number of nitrogens with zero attached hydrogens (tertiary/aromatic N) is 13. The first-order valence-corrected chi connectivity index (χ1v) is 46.8. The monoisotopic (exact) mass is 1910 g/mol. The summed E-state index contributed by atoms with van der Waals surface area (Å²) >= 11 is 1.61. The van der Waals surface area contributed by atoms with Crippen LogP contribution in [0.2, 0.25) is 0 Å². The lowest BCUT2D eigenvalue weighted by Crippen LogP contribution is -2.01. The van der Waals surface area contributed by atoms with Gasteiger partial charge in [0.05, 0.1) is 83.8 Å². The fourth-order valence-electron chi connectivity index (χ4n) is 17.0. The van der Waals surface area contributed by atoms with Gasteiger partial charge in [0, 0.05) is 175 Å². The van der Waals surface area contributed by atoms with Crippen LogP contribution in [0.1, 0.15) is 16.7 Å². The van der Waals surface area contributed by atoms with Gasteiger partial charge in [0.1, 0.15) is 29.1 Å². The Morgan fingerprint density at radius 3 is 1.06 bits per heavy atom. The highest BCUT2D eigenvalue weighted by Crippen LogP contribution is 2.43. The number of hydrogen-bond donors (Lipinski definition) is 1.